The first-order chi connectivity index (χ1) is 16.6. The molecule has 1 aliphatic heterocycles. The molecule has 4 rings (SSSR count). The van der Waals surface area contributed by atoms with Crippen molar-refractivity contribution in [2.45, 2.75) is 69.1 Å². The van der Waals surface area contributed by atoms with Crippen LogP contribution in [-0.2, 0) is 11.3 Å². The maximum absolute atomic E-state index is 13.4. The van der Waals surface area contributed by atoms with E-state index in [-0.39, 0.29) is 11.9 Å². The lowest BCUT2D eigenvalue weighted by Gasteiger charge is -2.33. The smallest absolute Gasteiger partial charge is 0.315 e. The first-order valence-electron chi connectivity index (χ1n) is 12.5. The molecule has 2 atom stereocenters. The lowest BCUT2D eigenvalue weighted by molar-refractivity contribution is -0.136. The van der Waals surface area contributed by atoms with Crippen LogP contribution in [0.4, 0.5) is 4.79 Å². The highest BCUT2D eigenvalue weighted by molar-refractivity contribution is 5.91. The Morgan fingerprint density at radius 3 is 2.38 bits per heavy atom. The van der Waals surface area contributed by atoms with Gasteiger partial charge in [0, 0.05) is 32.2 Å². The van der Waals surface area contributed by atoms with Gasteiger partial charge in [0.25, 0.3) is 0 Å². The molecule has 0 radical (unpaired) electrons. The molecule has 2 fully saturated rings. The Kier molecular flexibility index (Phi) is 8.19. The quantitative estimate of drug-likeness (QED) is 0.457. The third kappa shape index (κ3) is 6.15. The minimum absolute atomic E-state index is 0.0273. The summed E-state index contributed by atoms with van der Waals surface area (Å²) in [7, 11) is 1.86. The zero-order valence-corrected chi connectivity index (χ0v) is 20.1. The third-order valence-corrected chi connectivity index (χ3v) is 7.09. The molecule has 1 saturated carbocycles. The Morgan fingerprint density at radius 2 is 1.68 bits per heavy atom. The molecule has 0 bridgehead atoms. The van der Waals surface area contributed by atoms with Crippen LogP contribution in [-0.4, -0.2) is 42.0 Å². The molecule has 2 aromatic carbocycles. The minimum Gasteiger partial charge on any atom is -0.344 e. The molecular formula is C27H37N5O2. The van der Waals surface area contributed by atoms with Crippen molar-refractivity contribution in [3.05, 3.63) is 71.8 Å². The number of urea groups is 1. The van der Waals surface area contributed by atoms with E-state index in [0.717, 1.165) is 37.7 Å². The van der Waals surface area contributed by atoms with Gasteiger partial charge in [0.05, 0.1) is 0 Å². The van der Waals surface area contributed by atoms with E-state index < -0.39 is 5.54 Å². The second-order valence-electron chi connectivity index (χ2n) is 9.64. The summed E-state index contributed by atoms with van der Waals surface area (Å²) in [5.41, 5.74) is 8.34. The molecular weight excluding hydrogens is 426 g/mol. The van der Waals surface area contributed by atoms with Crippen LogP contribution in [0.3, 0.4) is 0 Å². The van der Waals surface area contributed by atoms with Crippen LogP contribution in [0.25, 0.3) is 0 Å². The Balaban J connectivity index is 1.23. The van der Waals surface area contributed by atoms with Crippen LogP contribution >= 0.6 is 0 Å². The molecule has 34 heavy (non-hydrogen) atoms. The van der Waals surface area contributed by atoms with Crippen LogP contribution in [0.1, 0.15) is 62.1 Å². The summed E-state index contributed by atoms with van der Waals surface area (Å²) in [5.74, 6) is 0.0273. The maximum Gasteiger partial charge on any atom is 0.315 e. The summed E-state index contributed by atoms with van der Waals surface area (Å²) in [6.45, 7) is 1.13. The number of rotatable bonds is 9. The van der Waals surface area contributed by atoms with Gasteiger partial charge in [-0.25, -0.2) is 4.79 Å². The molecule has 1 saturated heterocycles. The van der Waals surface area contributed by atoms with Crippen molar-refractivity contribution in [3.63, 3.8) is 0 Å². The van der Waals surface area contributed by atoms with Gasteiger partial charge >= 0.3 is 6.03 Å². The van der Waals surface area contributed by atoms with Crippen molar-refractivity contribution in [1.82, 2.24) is 26.4 Å². The zero-order valence-electron chi connectivity index (χ0n) is 20.1. The van der Waals surface area contributed by atoms with Crippen molar-refractivity contribution in [2.75, 3.05) is 13.6 Å². The Bertz CT molecular complexity index is 931. The summed E-state index contributed by atoms with van der Waals surface area (Å²) in [6.07, 6.45) is 6.25. The highest BCUT2D eigenvalue weighted by Crippen LogP contribution is 2.31. The fourth-order valence-corrected chi connectivity index (χ4v) is 5.17. The summed E-state index contributed by atoms with van der Waals surface area (Å²) < 4.78 is 0. The molecule has 4 N–H and O–H groups in total. The lowest BCUT2D eigenvalue weighted by Crippen LogP contribution is -2.59. The Morgan fingerprint density at radius 1 is 1.00 bits per heavy atom. The van der Waals surface area contributed by atoms with Gasteiger partial charge < -0.3 is 15.5 Å². The number of amides is 3. The summed E-state index contributed by atoms with van der Waals surface area (Å²) >= 11 is 0. The molecule has 2 unspecified atom stereocenters. The number of nitrogens with one attached hydrogen (secondary N) is 4. The van der Waals surface area contributed by atoms with E-state index in [9.17, 15) is 9.59 Å². The van der Waals surface area contributed by atoms with E-state index in [0.29, 0.717) is 38.0 Å². The molecule has 3 amide bonds. The van der Waals surface area contributed by atoms with Crippen molar-refractivity contribution in [3.8, 4) is 0 Å². The topological polar surface area (TPSA) is 85.5 Å². The highest BCUT2D eigenvalue weighted by atomic mass is 16.2. The molecule has 2 aromatic rings. The Hall–Kier alpha value is -2.90. The third-order valence-electron chi connectivity index (χ3n) is 7.09. The fraction of sp³-hybridized carbons (Fsp3) is 0.481. The standard InChI is InChI=1S/C27H37N5O2/c1-32(18-10-15-23-19-24(31-30-23)22-13-6-3-7-14-22)25(33)27(16-8-9-17-27)29-26(34)28-20-21-11-4-2-5-12-21/h2-7,11-14,23-24,30-31H,8-10,15-20H2,1H3,(H2,28,29,34). The summed E-state index contributed by atoms with van der Waals surface area (Å²) in [6, 6.07) is 20.7. The van der Waals surface area contributed by atoms with Crippen molar-refractivity contribution in [1.29, 1.82) is 0 Å². The summed E-state index contributed by atoms with van der Waals surface area (Å²) in [4.78, 5) is 27.8. The van der Waals surface area contributed by atoms with Crippen molar-refractivity contribution >= 4 is 11.9 Å². The normalized spacial score (nSPS) is 21.2. The van der Waals surface area contributed by atoms with Crippen LogP contribution in [0.15, 0.2) is 60.7 Å². The van der Waals surface area contributed by atoms with E-state index in [1.165, 1.54) is 5.56 Å². The predicted molar refractivity (Wildman–Crippen MR) is 134 cm³/mol. The van der Waals surface area contributed by atoms with E-state index in [2.05, 4.69) is 45.8 Å². The molecule has 0 aromatic heterocycles. The maximum atomic E-state index is 13.4. The van der Waals surface area contributed by atoms with E-state index >= 15 is 0 Å². The number of hydrazine groups is 1. The molecule has 1 heterocycles. The van der Waals surface area contributed by atoms with Gasteiger partial charge in [-0.05, 0) is 43.2 Å². The van der Waals surface area contributed by atoms with Gasteiger partial charge in [-0.3, -0.25) is 15.6 Å². The van der Waals surface area contributed by atoms with Gasteiger partial charge in [-0.15, -0.1) is 0 Å². The number of hydrogen-bond donors (Lipinski definition) is 4. The summed E-state index contributed by atoms with van der Waals surface area (Å²) in [5, 5.41) is 5.94. The zero-order chi connectivity index (χ0) is 23.8. The van der Waals surface area contributed by atoms with Gasteiger partial charge in [-0.2, -0.15) is 0 Å². The predicted octanol–water partition coefficient (Wildman–Crippen LogP) is 3.65. The van der Waals surface area contributed by atoms with Crippen LogP contribution in [0.2, 0.25) is 0 Å². The van der Waals surface area contributed by atoms with E-state index in [4.69, 9.17) is 0 Å². The average molecular weight is 464 g/mol. The van der Waals surface area contributed by atoms with Crippen LogP contribution in [0.5, 0.6) is 0 Å². The number of hydrogen-bond acceptors (Lipinski definition) is 4. The second-order valence-corrected chi connectivity index (χ2v) is 9.64. The van der Waals surface area contributed by atoms with Gasteiger partial charge in [0.1, 0.15) is 5.54 Å². The number of carbonyl (C=O) groups excluding carboxylic acids is 2. The molecule has 2 aliphatic rings. The van der Waals surface area contributed by atoms with Crippen molar-refractivity contribution in [2.24, 2.45) is 0 Å². The largest absolute Gasteiger partial charge is 0.344 e. The Labute approximate surface area is 202 Å². The van der Waals surface area contributed by atoms with Gasteiger partial charge in [-0.1, -0.05) is 73.5 Å². The van der Waals surface area contributed by atoms with Crippen LogP contribution < -0.4 is 21.5 Å². The monoisotopic (exact) mass is 463 g/mol. The SMILES string of the molecule is CN(CCCC1CC(c2ccccc2)NN1)C(=O)C1(NC(=O)NCc2ccccc2)CCCC1. The highest BCUT2D eigenvalue weighted by Gasteiger charge is 2.44. The van der Waals surface area contributed by atoms with Crippen molar-refractivity contribution < 1.29 is 9.59 Å². The minimum atomic E-state index is -0.791. The van der Waals surface area contributed by atoms with E-state index in [1.54, 1.807) is 4.90 Å². The van der Waals surface area contributed by atoms with Gasteiger partial charge in [0.2, 0.25) is 5.91 Å². The number of benzene rings is 2. The molecule has 1 aliphatic carbocycles. The molecule has 0 spiro atoms. The fourth-order valence-electron chi connectivity index (χ4n) is 5.17. The first kappa shape index (κ1) is 24.2. The number of nitrogens with zero attached hydrogens (tertiary/aromatic N) is 1. The second kappa shape index (κ2) is 11.5. The molecule has 182 valence electrons. The number of likely N-dealkylation sites (N-methyl/N-ethyl adjacent to an activating group) is 1. The number of carbonyl (C=O) groups is 2. The van der Waals surface area contributed by atoms with Gasteiger partial charge in [0.15, 0.2) is 0 Å². The first-order valence-corrected chi connectivity index (χ1v) is 12.5. The lowest BCUT2D eigenvalue weighted by atomic mass is 9.95. The molecule has 7 heteroatoms. The average Bonchev–Trinajstić information content (AvgIpc) is 3.54. The molecule has 7 nitrogen and oxygen atoms in total. The van der Waals surface area contributed by atoms with E-state index in [1.807, 2.05) is 43.4 Å². The van der Waals surface area contributed by atoms with Crippen LogP contribution in [0, 0.1) is 0 Å².